The minimum absolute atomic E-state index is 0.431. The SMILES string of the molecule is CCCc1ncc(NC(=O)OC(C)(C)C)s1. The second-order valence-electron chi connectivity index (χ2n) is 4.50. The van der Waals surface area contributed by atoms with E-state index in [1.165, 1.54) is 11.3 Å². The number of nitrogens with one attached hydrogen (secondary N) is 1. The van der Waals surface area contributed by atoms with Gasteiger partial charge in [0.15, 0.2) is 0 Å². The zero-order valence-corrected chi connectivity index (χ0v) is 11.0. The summed E-state index contributed by atoms with van der Waals surface area (Å²) in [6.07, 6.45) is 3.24. The van der Waals surface area contributed by atoms with E-state index in [-0.39, 0.29) is 0 Å². The van der Waals surface area contributed by atoms with Gasteiger partial charge in [0, 0.05) is 0 Å². The Morgan fingerprint density at radius 2 is 2.25 bits per heavy atom. The van der Waals surface area contributed by atoms with Crippen LogP contribution in [-0.2, 0) is 11.2 Å². The van der Waals surface area contributed by atoms with Crippen molar-refractivity contribution in [2.45, 2.75) is 46.1 Å². The number of carbonyl (C=O) groups is 1. The summed E-state index contributed by atoms with van der Waals surface area (Å²) in [6.45, 7) is 7.60. The van der Waals surface area contributed by atoms with Gasteiger partial charge in [-0.05, 0) is 33.6 Å². The van der Waals surface area contributed by atoms with E-state index >= 15 is 0 Å². The summed E-state index contributed by atoms with van der Waals surface area (Å²) >= 11 is 1.49. The maximum Gasteiger partial charge on any atom is 0.412 e. The molecule has 1 heterocycles. The van der Waals surface area contributed by atoms with Crippen molar-refractivity contribution in [3.63, 3.8) is 0 Å². The Morgan fingerprint density at radius 1 is 1.56 bits per heavy atom. The monoisotopic (exact) mass is 242 g/mol. The number of aryl methyl sites for hydroxylation is 1. The quantitative estimate of drug-likeness (QED) is 0.883. The number of aromatic nitrogens is 1. The number of carbonyl (C=O) groups excluding carboxylic acids is 1. The van der Waals surface area contributed by atoms with Crippen molar-refractivity contribution in [3.8, 4) is 0 Å². The zero-order chi connectivity index (χ0) is 12.2. The van der Waals surface area contributed by atoms with Gasteiger partial charge in [-0.3, -0.25) is 5.32 Å². The summed E-state index contributed by atoms with van der Waals surface area (Å²) in [5.74, 6) is 0. The largest absolute Gasteiger partial charge is 0.444 e. The minimum Gasteiger partial charge on any atom is -0.444 e. The molecule has 0 radical (unpaired) electrons. The fourth-order valence-corrected chi connectivity index (χ4v) is 2.01. The van der Waals surface area contributed by atoms with Gasteiger partial charge in [-0.25, -0.2) is 9.78 Å². The van der Waals surface area contributed by atoms with E-state index in [9.17, 15) is 4.79 Å². The van der Waals surface area contributed by atoms with Crippen LogP contribution in [0.3, 0.4) is 0 Å². The predicted molar refractivity (Wildman–Crippen MR) is 66.0 cm³/mol. The summed E-state index contributed by atoms with van der Waals surface area (Å²) in [6, 6.07) is 0. The standard InChI is InChI=1S/C11H18N2O2S/c1-5-6-8-12-7-9(16-8)13-10(14)15-11(2,3)4/h7H,5-6H2,1-4H3,(H,13,14). The van der Waals surface area contributed by atoms with Gasteiger partial charge in [-0.2, -0.15) is 0 Å². The van der Waals surface area contributed by atoms with Crippen molar-refractivity contribution < 1.29 is 9.53 Å². The Labute approximate surface area is 100 Å². The number of nitrogens with zero attached hydrogens (tertiary/aromatic N) is 1. The van der Waals surface area contributed by atoms with Gasteiger partial charge in [0.05, 0.1) is 11.2 Å². The van der Waals surface area contributed by atoms with Crippen molar-refractivity contribution in [1.29, 1.82) is 0 Å². The maximum absolute atomic E-state index is 11.4. The highest BCUT2D eigenvalue weighted by atomic mass is 32.1. The van der Waals surface area contributed by atoms with Gasteiger partial charge in [-0.1, -0.05) is 6.92 Å². The molecule has 0 unspecified atom stereocenters. The molecule has 16 heavy (non-hydrogen) atoms. The molecule has 1 amide bonds. The molecular weight excluding hydrogens is 224 g/mol. The molecule has 0 aliphatic heterocycles. The summed E-state index contributed by atoms with van der Waals surface area (Å²) in [5.41, 5.74) is -0.471. The molecule has 0 aliphatic carbocycles. The molecule has 0 bridgehead atoms. The van der Waals surface area contributed by atoms with Crippen LogP contribution in [-0.4, -0.2) is 16.7 Å². The maximum atomic E-state index is 11.4. The van der Waals surface area contributed by atoms with Gasteiger partial charge in [0.1, 0.15) is 10.6 Å². The average molecular weight is 242 g/mol. The Bertz CT molecular complexity index is 355. The third kappa shape index (κ3) is 4.61. The predicted octanol–water partition coefficient (Wildman–Crippen LogP) is 3.44. The molecule has 0 fully saturated rings. The lowest BCUT2D eigenvalue weighted by molar-refractivity contribution is 0.0636. The molecule has 0 saturated carbocycles. The first-order valence-corrected chi connectivity index (χ1v) is 6.17. The van der Waals surface area contributed by atoms with Gasteiger partial charge < -0.3 is 4.74 Å². The lowest BCUT2D eigenvalue weighted by atomic mass is 10.2. The van der Waals surface area contributed by atoms with Gasteiger partial charge in [-0.15, -0.1) is 11.3 Å². The average Bonchev–Trinajstić information content (AvgIpc) is 2.49. The van der Waals surface area contributed by atoms with E-state index in [1.54, 1.807) is 6.20 Å². The van der Waals surface area contributed by atoms with Crippen molar-refractivity contribution in [2.24, 2.45) is 0 Å². The minimum atomic E-state index is -0.471. The Balaban J connectivity index is 2.50. The normalized spacial score (nSPS) is 11.2. The highest BCUT2D eigenvalue weighted by molar-refractivity contribution is 7.15. The molecule has 0 saturated heterocycles. The molecule has 1 N–H and O–H groups in total. The summed E-state index contributed by atoms with van der Waals surface area (Å²) in [7, 11) is 0. The fourth-order valence-electron chi connectivity index (χ4n) is 1.10. The number of amides is 1. The molecule has 1 rings (SSSR count). The van der Waals surface area contributed by atoms with Crippen LogP contribution in [0, 0.1) is 0 Å². The topological polar surface area (TPSA) is 51.2 Å². The van der Waals surface area contributed by atoms with Crippen LogP contribution in [0.4, 0.5) is 9.80 Å². The third-order valence-corrected chi connectivity index (χ3v) is 2.61. The van der Waals surface area contributed by atoms with E-state index in [0.29, 0.717) is 0 Å². The highest BCUT2D eigenvalue weighted by Crippen LogP contribution is 2.20. The second kappa shape index (κ2) is 5.30. The van der Waals surface area contributed by atoms with Gasteiger partial charge in [0.2, 0.25) is 0 Å². The molecule has 90 valence electrons. The van der Waals surface area contributed by atoms with Crippen molar-refractivity contribution in [2.75, 3.05) is 5.32 Å². The molecule has 5 heteroatoms. The first kappa shape index (κ1) is 13.0. The highest BCUT2D eigenvalue weighted by Gasteiger charge is 2.16. The second-order valence-corrected chi connectivity index (χ2v) is 5.61. The molecule has 1 aromatic heterocycles. The smallest absolute Gasteiger partial charge is 0.412 e. The Hall–Kier alpha value is -1.10. The summed E-state index contributed by atoms with van der Waals surface area (Å²) in [4.78, 5) is 15.6. The number of hydrogen-bond acceptors (Lipinski definition) is 4. The third-order valence-electron chi connectivity index (χ3n) is 1.64. The first-order valence-electron chi connectivity index (χ1n) is 5.35. The molecular formula is C11H18N2O2S. The number of anilines is 1. The molecule has 0 atom stereocenters. The van der Waals surface area contributed by atoms with E-state index in [1.807, 2.05) is 20.8 Å². The van der Waals surface area contributed by atoms with Crippen LogP contribution in [0.15, 0.2) is 6.20 Å². The van der Waals surface area contributed by atoms with E-state index in [0.717, 1.165) is 22.9 Å². The van der Waals surface area contributed by atoms with E-state index in [4.69, 9.17) is 4.74 Å². The fraction of sp³-hybridized carbons (Fsp3) is 0.636. The van der Waals surface area contributed by atoms with Gasteiger partial charge >= 0.3 is 6.09 Å². The van der Waals surface area contributed by atoms with Crippen LogP contribution in [0.25, 0.3) is 0 Å². The van der Waals surface area contributed by atoms with Crippen molar-refractivity contribution in [1.82, 2.24) is 4.98 Å². The lowest BCUT2D eigenvalue weighted by Gasteiger charge is -2.19. The van der Waals surface area contributed by atoms with Crippen LogP contribution in [0.1, 0.15) is 39.1 Å². The molecule has 0 aliphatic rings. The van der Waals surface area contributed by atoms with Crippen LogP contribution in [0.2, 0.25) is 0 Å². The number of thiazole rings is 1. The molecule has 1 aromatic rings. The van der Waals surface area contributed by atoms with Crippen molar-refractivity contribution >= 4 is 22.4 Å². The number of rotatable bonds is 3. The molecule has 4 nitrogen and oxygen atoms in total. The number of hydrogen-bond donors (Lipinski definition) is 1. The molecule has 0 aromatic carbocycles. The zero-order valence-electron chi connectivity index (χ0n) is 10.2. The van der Waals surface area contributed by atoms with E-state index in [2.05, 4.69) is 17.2 Å². The van der Waals surface area contributed by atoms with Crippen LogP contribution >= 0.6 is 11.3 Å². The summed E-state index contributed by atoms with van der Waals surface area (Å²) in [5, 5.41) is 4.44. The Morgan fingerprint density at radius 3 is 2.81 bits per heavy atom. The first-order chi connectivity index (χ1) is 7.40. The summed E-state index contributed by atoms with van der Waals surface area (Å²) < 4.78 is 5.14. The van der Waals surface area contributed by atoms with Crippen LogP contribution in [0.5, 0.6) is 0 Å². The van der Waals surface area contributed by atoms with Gasteiger partial charge in [0.25, 0.3) is 0 Å². The number of ether oxygens (including phenoxy) is 1. The Kier molecular flexibility index (Phi) is 4.29. The van der Waals surface area contributed by atoms with Crippen LogP contribution < -0.4 is 5.32 Å². The lowest BCUT2D eigenvalue weighted by Crippen LogP contribution is -2.26. The van der Waals surface area contributed by atoms with Crippen molar-refractivity contribution in [3.05, 3.63) is 11.2 Å². The van der Waals surface area contributed by atoms with E-state index < -0.39 is 11.7 Å². The molecule has 0 spiro atoms.